The molecule has 0 unspecified atom stereocenters. The van der Waals surface area contributed by atoms with Crippen molar-refractivity contribution in [2.45, 2.75) is 0 Å². The first-order chi connectivity index (χ1) is 17.8. The van der Waals surface area contributed by atoms with Crippen LogP contribution >= 0.6 is 0 Å². The number of aromatic nitrogens is 4. The summed E-state index contributed by atoms with van der Waals surface area (Å²) in [5.41, 5.74) is 4.60. The molecule has 0 amide bonds. The topological polar surface area (TPSA) is 110 Å². The fourth-order valence-electron chi connectivity index (χ4n) is 4.22. The molecule has 2 N–H and O–H groups in total. The van der Waals surface area contributed by atoms with E-state index in [4.69, 9.17) is 27.6 Å². The van der Waals surface area contributed by atoms with Crippen molar-refractivity contribution in [1.29, 1.82) is 0 Å². The molecule has 1 aromatic carbocycles. The van der Waals surface area contributed by atoms with Crippen LogP contribution in [-0.2, 0) is 0 Å². The highest BCUT2D eigenvalue weighted by Gasteiger charge is 2.21. The van der Waals surface area contributed by atoms with Gasteiger partial charge in [-0.2, -0.15) is 0 Å². The van der Waals surface area contributed by atoms with E-state index in [2.05, 4.69) is 9.97 Å². The highest BCUT2D eigenvalue weighted by atomic mass is 16.3. The summed E-state index contributed by atoms with van der Waals surface area (Å²) in [6, 6.07) is 22.8. The lowest BCUT2D eigenvalue weighted by molar-refractivity contribution is 0.573. The van der Waals surface area contributed by atoms with Gasteiger partial charge in [0.25, 0.3) is 0 Å². The third-order valence-electron chi connectivity index (χ3n) is 5.86. The monoisotopic (exact) mass is 474 g/mol. The number of hydrogen-bond donors (Lipinski definition) is 2. The van der Waals surface area contributed by atoms with Crippen LogP contribution in [-0.4, -0.2) is 19.9 Å². The molecule has 0 saturated carbocycles. The van der Waals surface area contributed by atoms with E-state index >= 15 is 0 Å². The van der Waals surface area contributed by atoms with E-state index in [0.717, 1.165) is 22.5 Å². The van der Waals surface area contributed by atoms with Crippen LogP contribution < -0.4 is 0 Å². The number of rotatable bonds is 6. The van der Waals surface area contributed by atoms with E-state index in [1.165, 1.54) is 0 Å². The zero-order valence-electron chi connectivity index (χ0n) is 18.8. The van der Waals surface area contributed by atoms with E-state index in [-0.39, 0.29) is 0 Å². The average molecular weight is 474 g/mol. The number of aromatic amines is 2. The summed E-state index contributed by atoms with van der Waals surface area (Å²) in [6.45, 7) is 0. The first-order valence-electron chi connectivity index (χ1n) is 11.3. The summed E-state index contributed by atoms with van der Waals surface area (Å²) in [7, 11) is 0. The van der Waals surface area contributed by atoms with E-state index in [0.29, 0.717) is 46.1 Å². The lowest BCUT2D eigenvalue weighted by atomic mass is 10.1. The van der Waals surface area contributed by atoms with E-state index < -0.39 is 0 Å². The standard InChI is InChI=1S/C28H18N4O4/c1-6-17(27-29-23(19-8-2-12-33-19)24(30-27)20-9-3-13-34-20)16-18(7-1)28-31-25(21-10-4-14-35-21)26(32-28)22-11-5-15-36-22/h1-16H,(H,29,30)(H,31,32). The molecule has 0 aliphatic rings. The molecular formula is C28H18N4O4. The van der Waals surface area contributed by atoms with Crippen molar-refractivity contribution in [2.75, 3.05) is 0 Å². The largest absolute Gasteiger partial charge is 0.463 e. The molecule has 0 aliphatic carbocycles. The lowest BCUT2D eigenvalue weighted by Gasteiger charge is -2.01. The van der Waals surface area contributed by atoms with Gasteiger partial charge in [-0.15, -0.1) is 0 Å². The molecule has 0 radical (unpaired) electrons. The Hall–Kier alpha value is -5.24. The number of hydrogen-bond acceptors (Lipinski definition) is 6. The van der Waals surface area contributed by atoms with Crippen LogP contribution in [0.25, 0.3) is 68.6 Å². The number of benzene rings is 1. The smallest absolute Gasteiger partial charge is 0.154 e. The fraction of sp³-hybridized carbons (Fsp3) is 0. The Labute approximate surface area is 204 Å². The maximum atomic E-state index is 5.64. The molecule has 0 aliphatic heterocycles. The van der Waals surface area contributed by atoms with Crippen LogP contribution in [0.2, 0.25) is 0 Å². The summed E-state index contributed by atoms with van der Waals surface area (Å²) in [4.78, 5) is 16.5. The van der Waals surface area contributed by atoms with E-state index in [1.807, 2.05) is 72.8 Å². The second kappa shape index (κ2) is 8.21. The molecule has 174 valence electrons. The van der Waals surface area contributed by atoms with Gasteiger partial charge in [-0.1, -0.05) is 18.2 Å². The maximum Gasteiger partial charge on any atom is 0.154 e. The summed E-state index contributed by atoms with van der Waals surface area (Å²) >= 11 is 0. The maximum absolute atomic E-state index is 5.64. The highest BCUT2D eigenvalue weighted by molar-refractivity contribution is 5.80. The Balaban J connectivity index is 1.33. The first-order valence-corrected chi connectivity index (χ1v) is 11.3. The molecule has 36 heavy (non-hydrogen) atoms. The molecule has 7 rings (SSSR count). The van der Waals surface area contributed by atoms with Crippen LogP contribution in [0, 0.1) is 0 Å². The van der Waals surface area contributed by atoms with E-state index in [1.54, 1.807) is 25.1 Å². The van der Waals surface area contributed by atoms with Gasteiger partial charge < -0.3 is 27.6 Å². The predicted molar refractivity (Wildman–Crippen MR) is 132 cm³/mol. The van der Waals surface area contributed by atoms with E-state index in [9.17, 15) is 0 Å². The molecule has 0 spiro atoms. The Morgan fingerprint density at radius 3 is 1.28 bits per heavy atom. The molecule has 6 aromatic heterocycles. The van der Waals surface area contributed by atoms with Gasteiger partial charge in [0.2, 0.25) is 0 Å². The van der Waals surface area contributed by atoms with Gasteiger partial charge in [-0.3, -0.25) is 0 Å². The molecule has 8 heteroatoms. The SMILES string of the molecule is c1cc(-c2nc(-c3ccco3)c(-c3ccco3)[nH]2)cc(-c2nc(-c3ccco3)c(-c3ccco3)[nH]2)c1. The van der Waals surface area contributed by atoms with Crippen LogP contribution in [0.3, 0.4) is 0 Å². The van der Waals surface area contributed by atoms with Gasteiger partial charge in [0.05, 0.1) is 25.1 Å². The molecule has 0 atom stereocenters. The minimum atomic E-state index is 0.650. The Morgan fingerprint density at radius 1 is 0.472 bits per heavy atom. The normalized spacial score (nSPS) is 11.3. The van der Waals surface area contributed by atoms with Gasteiger partial charge in [0.15, 0.2) is 23.0 Å². The van der Waals surface area contributed by atoms with Crippen molar-refractivity contribution in [3.8, 4) is 68.6 Å². The van der Waals surface area contributed by atoms with Crippen molar-refractivity contribution in [1.82, 2.24) is 19.9 Å². The molecule has 8 nitrogen and oxygen atoms in total. The number of H-pyrrole nitrogens is 2. The summed E-state index contributed by atoms with van der Waals surface area (Å²) in [6.07, 6.45) is 6.51. The zero-order chi connectivity index (χ0) is 23.9. The van der Waals surface area contributed by atoms with Crippen LogP contribution in [0.1, 0.15) is 0 Å². The number of nitrogens with zero attached hydrogens (tertiary/aromatic N) is 2. The van der Waals surface area contributed by atoms with Crippen LogP contribution in [0.5, 0.6) is 0 Å². The summed E-state index contributed by atoms with van der Waals surface area (Å²) in [5.74, 6) is 4.01. The van der Waals surface area contributed by atoms with Gasteiger partial charge >= 0.3 is 0 Å². The third kappa shape index (κ3) is 3.40. The van der Waals surface area contributed by atoms with Crippen molar-refractivity contribution in [2.24, 2.45) is 0 Å². The molecular weight excluding hydrogens is 456 g/mol. The highest BCUT2D eigenvalue weighted by Crippen LogP contribution is 2.36. The molecule has 7 aromatic rings. The minimum absolute atomic E-state index is 0.650. The van der Waals surface area contributed by atoms with Crippen molar-refractivity contribution < 1.29 is 17.7 Å². The number of imidazole rings is 2. The summed E-state index contributed by atoms with van der Waals surface area (Å²) in [5, 5.41) is 0. The lowest BCUT2D eigenvalue weighted by Crippen LogP contribution is -1.85. The molecule has 6 heterocycles. The molecule has 0 saturated heterocycles. The van der Waals surface area contributed by atoms with Gasteiger partial charge in [-0.25, -0.2) is 9.97 Å². The third-order valence-corrected chi connectivity index (χ3v) is 5.86. The van der Waals surface area contributed by atoms with Crippen LogP contribution in [0.4, 0.5) is 0 Å². The first kappa shape index (κ1) is 20.2. The predicted octanol–water partition coefficient (Wildman–Crippen LogP) is 7.51. The second-order valence-electron chi connectivity index (χ2n) is 8.11. The second-order valence-corrected chi connectivity index (χ2v) is 8.11. The zero-order valence-corrected chi connectivity index (χ0v) is 18.8. The summed E-state index contributed by atoms with van der Waals surface area (Å²) < 4.78 is 22.5. The van der Waals surface area contributed by atoms with Gasteiger partial charge in [0.1, 0.15) is 34.4 Å². The molecule has 0 fully saturated rings. The average Bonchev–Trinajstić information content (AvgIpc) is 3.74. The Morgan fingerprint density at radius 2 is 0.889 bits per heavy atom. The van der Waals surface area contributed by atoms with Gasteiger partial charge in [-0.05, 0) is 54.6 Å². The Kier molecular flexibility index (Phi) is 4.60. The number of nitrogens with one attached hydrogen (secondary N) is 2. The number of furan rings is 4. The Bertz CT molecular complexity index is 1490. The van der Waals surface area contributed by atoms with Crippen molar-refractivity contribution >= 4 is 0 Å². The quantitative estimate of drug-likeness (QED) is 0.258. The molecule has 0 bridgehead atoms. The minimum Gasteiger partial charge on any atom is -0.463 e. The van der Waals surface area contributed by atoms with Crippen molar-refractivity contribution in [3.63, 3.8) is 0 Å². The van der Waals surface area contributed by atoms with Crippen molar-refractivity contribution in [3.05, 3.63) is 97.8 Å². The van der Waals surface area contributed by atoms with Crippen LogP contribution in [0.15, 0.2) is 116 Å². The fourth-order valence-corrected chi connectivity index (χ4v) is 4.22. The van der Waals surface area contributed by atoms with Gasteiger partial charge in [0, 0.05) is 11.1 Å².